The van der Waals surface area contributed by atoms with Crippen LogP contribution in [-0.4, -0.2) is 31.9 Å². The van der Waals surface area contributed by atoms with E-state index in [0.29, 0.717) is 6.54 Å². The van der Waals surface area contributed by atoms with Gasteiger partial charge in [0.25, 0.3) is 0 Å². The van der Waals surface area contributed by atoms with Crippen molar-refractivity contribution < 1.29 is 9.84 Å². The summed E-state index contributed by atoms with van der Waals surface area (Å²) in [7, 11) is 1.66. The largest absolute Gasteiger partial charge is 0.496 e. The molecule has 0 aliphatic rings. The molecule has 0 aromatic heterocycles. The third-order valence-electron chi connectivity index (χ3n) is 1.99. The predicted molar refractivity (Wildman–Crippen MR) is 62.0 cm³/mol. The number of hydrogen-bond acceptors (Lipinski definition) is 3. The molecule has 0 aliphatic heterocycles. The van der Waals surface area contributed by atoms with Crippen molar-refractivity contribution in [2.45, 2.75) is 0 Å². The minimum Gasteiger partial charge on any atom is -0.496 e. The van der Waals surface area contributed by atoms with E-state index in [0.717, 1.165) is 17.9 Å². The van der Waals surface area contributed by atoms with E-state index in [1.165, 1.54) is 0 Å². The Morgan fingerprint density at radius 3 is 2.93 bits per heavy atom. The fraction of sp³-hybridized carbons (Fsp3) is 0.333. The molecule has 0 fully saturated rings. The SMILES string of the molecule is COc1ccccc1C=CCNCCO. The number of para-hydroxylation sites is 1. The molecule has 1 aromatic carbocycles. The highest BCUT2D eigenvalue weighted by molar-refractivity contribution is 5.57. The molecule has 0 bridgehead atoms. The lowest BCUT2D eigenvalue weighted by atomic mass is 10.2. The number of aliphatic hydroxyl groups excluding tert-OH is 1. The van der Waals surface area contributed by atoms with E-state index < -0.39 is 0 Å². The Bertz CT molecular complexity index is 310. The number of nitrogens with one attached hydrogen (secondary N) is 1. The van der Waals surface area contributed by atoms with Crippen LogP contribution in [0, 0.1) is 0 Å². The highest BCUT2D eigenvalue weighted by atomic mass is 16.5. The summed E-state index contributed by atoms with van der Waals surface area (Å²) in [5.74, 6) is 0.871. The summed E-state index contributed by atoms with van der Waals surface area (Å²) < 4.78 is 5.21. The van der Waals surface area contributed by atoms with Crippen LogP contribution in [-0.2, 0) is 0 Å². The zero-order valence-electron chi connectivity index (χ0n) is 8.94. The Kier molecular flexibility index (Phi) is 5.51. The molecule has 0 atom stereocenters. The molecular weight excluding hydrogens is 190 g/mol. The first-order chi connectivity index (χ1) is 7.38. The number of methoxy groups -OCH3 is 1. The average Bonchev–Trinajstić information content (AvgIpc) is 2.29. The Morgan fingerprint density at radius 2 is 2.20 bits per heavy atom. The zero-order chi connectivity index (χ0) is 10.9. The topological polar surface area (TPSA) is 41.5 Å². The van der Waals surface area contributed by atoms with E-state index >= 15 is 0 Å². The number of rotatable bonds is 6. The van der Waals surface area contributed by atoms with Crippen molar-refractivity contribution in [1.82, 2.24) is 5.32 Å². The van der Waals surface area contributed by atoms with Gasteiger partial charge in [-0.3, -0.25) is 0 Å². The minimum atomic E-state index is 0.169. The number of aliphatic hydroxyl groups is 1. The van der Waals surface area contributed by atoms with Crippen molar-refractivity contribution in [3.63, 3.8) is 0 Å². The second kappa shape index (κ2) is 7.04. The first-order valence-electron chi connectivity index (χ1n) is 4.99. The standard InChI is InChI=1S/C12H17NO2/c1-15-12-7-3-2-5-11(12)6-4-8-13-9-10-14/h2-7,13-14H,8-10H2,1H3. The van der Waals surface area contributed by atoms with E-state index in [-0.39, 0.29) is 6.61 Å². The van der Waals surface area contributed by atoms with E-state index in [1.807, 2.05) is 36.4 Å². The molecule has 0 saturated carbocycles. The normalized spacial score (nSPS) is 10.8. The Balaban J connectivity index is 2.48. The van der Waals surface area contributed by atoms with Crippen LogP contribution in [0.3, 0.4) is 0 Å². The molecular formula is C12H17NO2. The van der Waals surface area contributed by atoms with Gasteiger partial charge in [-0.15, -0.1) is 0 Å². The van der Waals surface area contributed by atoms with Crippen molar-refractivity contribution in [1.29, 1.82) is 0 Å². The molecule has 0 amide bonds. The Morgan fingerprint density at radius 1 is 1.40 bits per heavy atom. The van der Waals surface area contributed by atoms with Crippen LogP contribution >= 0.6 is 0 Å². The molecule has 82 valence electrons. The van der Waals surface area contributed by atoms with Crippen LogP contribution in [0.4, 0.5) is 0 Å². The van der Waals surface area contributed by atoms with E-state index in [4.69, 9.17) is 9.84 Å². The van der Waals surface area contributed by atoms with Crippen LogP contribution in [0.15, 0.2) is 30.3 Å². The van der Waals surface area contributed by atoms with Gasteiger partial charge in [-0.1, -0.05) is 30.4 Å². The van der Waals surface area contributed by atoms with Gasteiger partial charge in [-0.2, -0.15) is 0 Å². The maximum atomic E-state index is 8.56. The number of hydrogen-bond donors (Lipinski definition) is 2. The van der Waals surface area contributed by atoms with Gasteiger partial charge in [0.05, 0.1) is 13.7 Å². The summed E-state index contributed by atoms with van der Waals surface area (Å²) in [5.41, 5.74) is 1.06. The summed E-state index contributed by atoms with van der Waals surface area (Å²) >= 11 is 0. The van der Waals surface area contributed by atoms with Crippen molar-refractivity contribution in [3.05, 3.63) is 35.9 Å². The van der Waals surface area contributed by atoms with Gasteiger partial charge < -0.3 is 15.2 Å². The first-order valence-corrected chi connectivity index (χ1v) is 4.99. The zero-order valence-corrected chi connectivity index (χ0v) is 8.94. The third-order valence-corrected chi connectivity index (χ3v) is 1.99. The maximum absolute atomic E-state index is 8.56. The van der Waals surface area contributed by atoms with Crippen molar-refractivity contribution in [2.24, 2.45) is 0 Å². The van der Waals surface area contributed by atoms with Gasteiger partial charge in [-0.25, -0.2) is 0 Å². The summed E-state index contributed by atoms with van der Waals surface area (Å²) in [4.78, 5) is 0. The van der Waals surface area contributed by atoms with Crippen molar-refractivity contribution >= 4 is 6.08 Å². The number of ether oxygens (including phenoxy) is 1. The van der Waals surface area contributed by atoms with Gasteiger partial charge in [0.15, 0.2) is 0 Å². The molecule has 3 heteroatoms. The minimum absolute atomic E-state index is 0.169. The van der Waals surface area contributed by atoms with Crippen LogP contribution in [0.25, 0.3) is 6.08 Å². The van der Waals surface area contributed by atoms with Gasteiger partial charge >= 0.3 is 0 Å². The van der Waals surface area contributed by atoms with Crippen LogP contribution in [0.5, 0.6) is 5.75 Å². The smallest absolute Gasteiger partial charge is 0.126 e. The van der Waals surface area contributed by atoms with Crippen LogP contribution in [0.1, 0.15) is 5.56 Å². The molecule has 1 rings (SSSR count). The number of benzene rings is 1. The Labute approximate surface area is 90.4 Å². The first kappa shape index (κ1) is 11.8. The lowest BCUT2D eigenvalue weighted by molar-refractivity contribution is 0.294. The van der Waals surface area contributed by atoms with Crippen molar-refractivity contribution in [3.8, 4) is 5.75 Å². The predicted octanol–water partition coefficient (Wildman–Crippen LogP) is 1.29. The summed E-state index contributed by atoms with van der Waals surface area (Å²) in [6, 6.07) is 7.85. The highest BCUT2D eigenvalue weighted by Crippen LogP contribution is 2.18. The van der Waals surface area contributed by atoms with E-state index in [1.54, 1.807) is 7.11 Å². The highest BCUT2D eigenvalue weighted by Gasteiger charge is 1.95. The second-order valence-corrected chi connectivity index (χ2v) is 3.07. The lowest BCUT2D eigenvalue weighted by Gasteiger charge is -2.03. The van der Waals surface area contributed by atoms with Gasteiger partial charge in [0, 0.05) is 18.7 Å². The fourth-order valence-corrected chi connectivity index (χ4v) is 1.25. The maximum Gasteiger partial charge on any atom is 0.126 e. The molecule has 0 aliphatic carbocycles. The summed E-state index contributed by atoms with van der Waals surface area (Å²) in [5, 5.41) is 11.6. The molecule has 2 N–H and O–H groups in total. The lowest BCUT2D eigenvalue weighted by Crippen LogP contribution is -2.17. The van der Waals surface area contributed by atoms with Crippen LogP contribution in [0.2, 0.25) is 0 Å². The molecule has 0 heterocycles. The Hall–Kier alpha value is -1.32. The molecule has 0 saturated heterocycles. The quantitative estimate of drug-likeness (QED) is 0.691. The monoisotopic (exact) mass is 207 g/mol. The summed E-state index contributed by atoms with van der Waals surface area (Å²) in [6.45, 7) is 1.54. The molecule has 3 nitrogen and oxygen atoms in total. The third kappa shape index (κ3) is 4.14. The molecule has 0 unspecified atom stereocenters. The van der Waals surface area contributed by atoms with E-state index in [2.05, 4.69) is 5.32 Å². The van der Waals surface area contributed by atoms with Crippen LogP contribution < -0.4 is 10.1 Å². The average molecular weight is 207 g/mol. The van der Waals surface area contributed by atoms with Crippen molar-refractivity contribution in [2.75, 3.05) is 26.8 Å². The van der Waals surface area contributed by atoms with Gasteiger partial charge in [0.1, 0.15) is 5.75 Å². The van der Waals surface area contributed by atoms with Gasteiger partial charge in [-0.05, 0) is 6.07 Å². The molecule has 0 spiro atoms. The van der Waals surface area contributed by atoms with E-state index in [9.17, 15) is 0 Å². The fourth-order valence-electron chi connectivity index (χ4n) is 1.25. The summed E-state index contributed by atoms with van der Waals surface area (Å²) in [6.07, 6.45) is 4.01. The molecule has 15 heavy (non-hydrogen) atoms. The van der Waals surface area contributed by atoms with Gasteiger partial charge in [0.2, 0.25) is 0 Å². The molecule has 1 aromatic rings. The molecule has 0 radical (unpaired) electrons. The second-order valence-electron chi connectivity index (χ2n) is 3.07.